The summed E-state index contributed by atoms with van der Waals surface area (Å²) < 4.78 is 0. The summed E-state index contributed by atoms with van der Waals surface area (Å²) in [6.45, 7) is 5.64. The number of amides is 3. The van der Waals surface area contributed by atoms with Gasteiger partial charge in [-0.25, -0.2) is 4.79 Å². The lowest BCUT2D eigenvalue weighted by Gasteiger charge is -2.24. The lowest BCUT2D eigenvalue weighted by atomic mass is 10.0. The standard InChI is InChI=1S/C11H21N3O2/c1-8(2)7-9(13-11(12)16)10(15)14-5-3-4-6-14/h8-9H,3-7H2,1-2H3,(H3,12,13,16). The van der Waals surface area contributed by atoms with Crippen LogP contribution in [0.5, 0.6) is 0 Å². The quantitative estimate of drug-likeness (QED) is 0.741. The van der Waals surface area contributed by atoms with E-state index in [-0.39, 0.29) is 5.91 Å². The van der Waals surface area contributed by atoms with Crippen LogP contribution in [0.3, 0.4) is 0 Å². The van der Waals surface area contributed by atoms with Crippen LogP contribution in [-0.4, -0.2) is 36.0 Å². The lowest BCUT2D eigenvalue weighted by molar-refractivity contribution is -0.132. The molecule has 0 bridgehead atoms. The summed E-state index contributed by atoms with van der Waals surface area (Å²) >= 11 is 0. The number of nitrogens with zero attached hydrogens (tertiary/aromatic N) is 1. The fraction of sp³-hybridized carbons (Fsp3) is 0.818. The molecule has 3 N–H and O–H groups in total. The molecule has 5 nitrogen and oxygen atoms in total. The number of nitrogens with one attached hydrogen (secondary N) is 1. The third kappa shape index (κ3) is 3.72. The van der Waals surface area contributed by atoms with Crippen LogP contribution in [0.1, 0.15) is 33.1 Å². The number of hydrogen-bond acceptors (Lipinski definition) is 2. The molecule has 3 amide bonds. The molecule has 0 saturated carbocycles. The number of rotatable bonds is 4. The molecule has 0 radical (unpaired) electrons. The first-order valence-electron chi connectivity index (χ1n) is 5.85. The van der Waals surface area contributed by atoms with E-state index in [0.29, 0.717) is 12.3 Å². The second-order valence-electron chi connectivity index (χ2n) is 4.72. The van der Waals surface area contributed by atoms with Crippen molar-refractivity contribution in [2.45, 2.75) is 39.2 Å². The van der Waals surface area contributed by atoms with Crippen LogP contribution in [0.2, 0.25) is 0 Å². The minimum absolute atomic E-state index is 0.00463. The van der Waals surface area contributed by atoms with Crippen molar-refractivity contribution in [2.75, 3.05) is 13.1 Å². The molecule has 0 aromatic rings. The molecule has 1 rings (SSSR count). The summed E-state index contributed by atoms with van der Waals surface area (Å²) in [6.07, 6.45) is 2.74. The number of nitrogens with two attached hydrogens (primary N) is 1. The van der Waals surface area contributed by atoms with Gasteiger partial charge in [0.2, 0.25) is 5.91 Å². The minimum Gasteiger partial charge on any atom is -0.352 e. The maximum Gasteiger partial charge on any atom is 0.312 e. The summed E-state index contributed by atoms with van der Waals surface area (Å²) in [6, 6.07) is -1.09. The van der Waals surface area contributed by atoms with E-state index in [4.69, 9.17) is 5.73 Å². The van der Waals surface area contributed by atoms with Gasteiger partial charge in [0.15, 0.2) is 0 Å². The van der Waals surface area contributed by atoms with Crippen LogP contribution in [-0.2, 0) is 4.79 Å². The van der Waals surface area contributed by atoms with Crippen LogP contribution in [0.4, 0.5) is 4.79 Å². The molecule has 1 atom stereocenters. The Morgan fingerprint density at radius 3 is 2.31 bits per heavy atom. The number of carbonyl (C=O) groups excluding carboxylic acids is 2. The van der Waals surface area contributed by atoms with Crippen molar-refractivity contribution >= 4 is 11.9 Å². The van der Waals surface area contributed by atoms with Crippen LogP contribution in [0.25, 0.3) is 0 Å². The molecule has 0 aliphatic carbocycles. The topological polar surface area (TPSA) is 75.4 Å². The summed E-state index contributed by atoms with van der Waals surface area (Å²) in [5, 5.41) is 2.54. The first-order chi connectivity index (χ1) is 7.50. The number of likely N-dealkylation sites (tertiary alicyclic amines) is 1. The van der Waals surface area contributed by atoms with Gasteiger partial charge >= 0.3 is 6.03 Å². The SMILES string of the molecule is CC(C)CC(NC(N)=O)C(=O)N1CCCC1. The molecule has 1 aliphatic heterocycles. The first kappa shape index (κ1) is 12.8. The molecule has 1 unspecified atom stereocenters. The van der Waals surface area contributed by atoms with Gasteiger partial charge in [0.05, 0.1) is 0 Å². The Labute approximate surface area is 96.4 Å². The van der Waals surface area contributed by atoms with Gasteiger partial charge in [0, 0.05) is 13.1 Å². The summed E-state index contributed by atoms with van der Waals surface area (Å²) in [5.74, 6) is 0.355. The van der Waals surface area contributed by atoms with E-state index in [9.17, 15) is 9.59 Å². The second kappa shape index (κ2) is 5.72. The minimum atomic E-state index is -0.627. The Balaban J connectivity index is 2.58. The highest BCUT2D eigenvalue weighted by atomic mass is 16.2. The Bertz CT molecular complexity index is 260. The van der Waals surface area contributed by atoms with Crippen molar-refractivity contribution in [2.24, 2.45) is 11.7 Å². The summed E-state index contributed by atoms with van der Waals surface area (Å²) in [7, 11) is 0. The van der Waals surface area contributed by atoms with Gasteiger partial charge in [0.1, 0.15) is 6.04 Å². The number of urea groups is 1. The highest BCUT2D eigenvalue weighted by Gasteiger charge is 2.27. The van der Waals surface area contributed by atoms with E-state index >= 15 is 0 Å². The molecule has 5 heteroatoms. The third-order valence-electron chi connectivity index (χ3n) is 2.74. The normalized spacial score (nSPS) is 17.6. The molecule has 1 aliphatic rings. The van der Waals surface area contributed by atoms with E-state index in [1.807, 2.05) is 18.7 Å². The smallest absolute Gasteiger partial charge is 0.312 e. The fourth-order valence-corrected chi connectivity index (χ4v) is 2.02. The van der Waals surface area contributed by atoms with Gasteiger partial charge in [-0.05, 0) is 25.2 Å². The van der Waals surface area contributed by atoms with Gasteiger partial charge in [-0.15, -0.1) is 0 Å². The molecule has 0 spiro atoms. The molecule has 16 heavy (non-hydrogen) atoms. The maximum absolute atomic E-state index is 12.1. The first-order valence-corrected chi connectivity index (χ1v) is 5.85. The van der Waals surface area contributed by atoms with Gasteiger partial charge in [0.25, 0.3) is 0 Å². The van der Waals surface area contributed by atoms with E-state index < -0.39 is 12.1 Å². The molecule has 1 fully saturated rings. The van der Waals surface area contributed by atoms with Crippen molar-refractivity contribution in [3.05, 3.63) is 0 Å². The average Bonchev–Trinajstić information content (AvgIpc) is 2.66. The zero-order chi connectivity index (χ0) is 12.1. The zero-order valence-electron chi connectivity index (χ0n) is 10.0. The van der Waals surface area contributed by atoms with E-state index in [1.54, 1.807) is 0 Å². The maximum atomic E-state index is 12.1. The third-order valence-corrected chi connectivity index (χ3v) is 2.74. The Morgan fingerprint density at radius 1 is 1.31 bits per heavy atom. The molecule has 1 heterocycles. The van der Waals surface area contributed by atoms with Crippen LogP contribution < -0.4 is 11.1 Å². The van der Waals surface area contributed by atoms with Gasteiger partial charge in [-0.1, -0.05) is 13.8 Å². The Kier molecular flexibility index (Phi) is 4.58. The average molecular weight is 227 g/mol. The molecular weight excluding hydrogens is 206 g/mol. The lowest BCUT2D eigenvalue weighted by Crippen LogP contribution is -2.49. The van der Waals surface area contributed by atoms with Gasteiger partial charge in [-0.3, -0.25) is 4.79 Å². The summed E-state index contributed by atoms with van der Waals surface area (Å²) in [4.78, 5) is 24.7. The molecule has 0 aromatic carbocycles. The predicted molar refractivity (Wildman–Crippen MR) is 61.8 cm³/mol. The number of hydrogen-bond donors (Lipinski definition) is 2. The molecule has 0 aromatic heterocycles. The van der Waals surface area contributed by atoms with Crippen LogP contribution in [0, 0.1) is 5.92 Å². The van der Waals surface area contributed by atoms with Crippen molar-refractivity contribution in [3.8, 4) is 0 Å². The molecule has 1 saturated heterocycles. The molecular formula is C11H21N3O2. The largest absolute Gasteiger partial charge is 0.352 e. The second-order valence-corrected chi connectivity index (χ2v) is 4.72. The highest BCUT2D eigenvalue weighted by molar-refractivity contribution is 5.86. The number of carbonyl (C=O) groups is 2. The van der Waals surface area contributed by atoms with E-state index in [0.717, 1.165) is 25.9 Å². The number of primary amides is 1. The van der Waals surface area contributed by atoms with Crippen molar-refractivity contribution in [1.82, 2.24) is 10.2 Å². The predicted octanol–water partition coefficient (Wildman–Crippen LogP) is 0.692. The van der Waals surface area contributed by atoms with Crippen molar-refractivity contribution < 1.29 is 9.59 Å². The fourth-order valence-electron chi connectivity index (χ4n) is 2.02. The van der Waals surface area contributed by atoms with Crippen LogP contribution in [0.15, 0.2) is 0 Å². The van der Waals surface area contributed by atoms with Crippen molar-refractivity contribution in [1.29, 1.82) is 0 Å². The summed E-state index contributed by atoms with van der Waals surface area (Å²) in [5.41, 5.74) is 5.08. The van der Waals surface area contributed by atoms with Crippen LogP contribution >= 0.6 is 0 Å². The van der Waals surface area contributed by atoms with E-state index in [1.165, 1.54) is 0 Å². The zero-order valence-corrected chi connectivity index (χ0v) is 10.0. The van der Waals surface area contributed by atoms with Gasteiger partial charge < -0.3 is 16.0 Å². The Morgan fingerprint density at radius 2 is 1.88 bits per heavy atom. The van der Waals surface area contributed by atoms with Crippen molar-refractivity contribution in [3.63, 3.8) is 0 Å². The van der Waals surface area contributed by atoms with Gasteiger partial charge in [-0.2, -0.15) is 0 Å². The monoisotopic (exact) mass is 227 g/mol. The van der Waals surface area contributed by atoms with E-state index in [2.05, 4.69) is 5.32 Å². The highest BCUT2D eigenvalue weighted by Crippen LogP contribution is 2.13. The molecule has 92 valence electrons. The Hall–Kier alpha value is -1.26.